The first-order chi connectivity index (χ1) is 8.15. The highest BCUT2D eigenvalue weighted by molar-refractivity contribution is 5.69. The van der Waals surface area contributed by atoms with Crippen molar-refractivity contribution in [3.05, 3.63) is 29.8 Å². The lowest BCUT2D eigenvalue weighted by molar-refractivity contribution is -0.140. The monoisotopic (exact) mass is 237 g/mol. The highest BCUT2D eigenvalue weighted by Crippen LogP contribution is 2.22. The van der Waals surface area contributed by atoms with Crippen molar-refractivity contribution in [2.75, 3.05) is 13.7 Å². The molecular weight excluding hydrogens is 218 g/mol. The van der Waals surface area contributed by atoms with Crippen molar-refractivity contribution in [3.63, 3.8) is 0 Å². The Hall–Kier alpha value is -1.55. The molecule has 1 rings (SSSR count). The van der Waals surface area contributed by atoms with E-state index in [0.717, 1.165) is 12.0 Å². The summed E-state index contributed by atoms with van der Waals surface area (Å²) >= 11 is 0. The first-order valence-corrected chi connectivity index (χ1v) is 5.73. The normalized spacial score (nSPS) is 12.1. The Morgan fingerprint density at radius 3 is 2.82 bits per heavy atom. The lowest BCUT2D eigenvalue weighted by Gasteiger charge is -2.15. The largest absolute Gasteiger partial charge is 0.508 e. The van der Waals surface area contributed by atoms with Crippen molar-refractivity contribution in [2.45, 2.75) is 25.8 Å². The Balaban J connectivity index is 2.33. The standard InChI is InChI=1S/C13H19NO3/c1-10(11-6-3-4-7-12(11)15)14-9-5-8-13(16)17-2/h3-4,6-7,10,14-15H,5,8-9H2,1-2H3. The molecule has 0 spiro atoms. The minimum absolute atomic E-state index is 0.0637. The first kappa shape index (κ1) is 13.5. The van der Waals surface area contributed by atoms with E-state index in [-0.39, 0.29) is 12.0 Å². The zero-order valence-electron chi connectivity index (χ0n) is 10.3. The van der Waals surface area contributed by atoms with Crippen molar-refractivity contribution in [1.29, 1.82) is 0 Å². The van der Waals surface area contributed by atoms with Crippen molar-refractivity contribution < 1.29 is 14.6 Å². The van der Waals surface area contributed by atoms with Gasteiger partial charge in [-0.1, -0.05) is 18.2 Å². The Kier molecular flexibility index (Phi) is 5.49. The summed E-state index contributed by atoms with van der Waals surface area (Å²) in [4.78, 5) is 10.9. The van der Waals surface area contributed by atoms with Crippen molar-refractivity contribution in [3.8, 4) is 5.75 Å². The van der Waals surface area contributed by atoms with Gasteiger partial charge in [0.15, 0.2) is 0 Å². The third-order valence-electron chi connectivity index (χ3n) is 2.64. The molecule has 0 aliphatic rings. The molecule has 0 aromatic heterocycles. The van der Waals surface area contributed by atoms with E-state index in [0.29, 0.717) is 18.7 Å². The van der Waals surface area contributed by atoms with Crippen molar-refractivity contribution in [1.82, 2.24) is 5.32 Å². The topological polar surface area (TPSA) is 58.6 Å². The number of esters is 1. The minimum Gasteiger partial charge on any atom is -0.508 e. The van der Waals surface area contributed by atoms with Crippen LogP contribution in [0.1, 0.15) is 31.4 Å². The van der Waals surface area contributed by atoms with Gasteiger partial charge in [0.1, 0.15) is 5.75 Å². The first-order valence-electron chi connectivity index (χ1n) is 5.73. The Bertz CT molecular complexity index is 365. The smallest absolute Gasteiger partial charge is 0.305 e. The van der Waals surface area contributed by atoms with E-state index in [1.54, 1.807) is 12.1 Å². The average Bonchev–Trinajstić information content (AvgIpc) is 2.34. The molecule has 17 heavy (non-hydrogen) atoms. The summed E-state index contributed by atoms with van der Waals surface area (Å²) in [5, 5.41) is 12.9. The Morgan fingerprint density at radius 2 is 2.18 bits per heavy atom. The summed E-state index contributed by atoms with van der Waals surface area (Å²) in [7, 11) is 1.39. The van der Waals surface area contributed by atoms with E-state index in [9.17, 15) is 9.90 Å². The summed E-state index contributed by atoms with van der Waals surface area (Å²) in [6.45, 7) is 2.69. The molecule has 0 amide bonds. The van der Waals surface area contributed by atoms with Gasteiger partial charge >= 0.3 is 5.97 Å². The van der Waals surface area contributed by atoms with Crippen LogP contribution in [0.25, 0.3) is 0 Å². The maximum absolute atomic E-state index is 10.9. The van der Waals surface area contributed by atoms with Gasteiger partial charge in [0.05, 0.1) is 7.11 Å². The maximum Gasteiger partial charge on any atom is 0.305 e. The van der Waals surface area contributed by atoms with Gasteiger partial charge in [-0.2, -0.15) is 0 Å². The minimum atomic E-state index is -0.193. The number of hydrogen-bond acceptors (Lipinski definition) is 4. The van der Waals surface area contributed by atoms with Crippen LogP contribution < -0.4 is 5.32 Å². The van der Waals surface area contributed by atoms with E-state index < -0.39 is 0 Å². The number of phenols is 1. The molecule has 0 saturated carbocycles. The van der Waals surface area contributed by atoms with Crippen LogP contribution in [0.15, 0.2) is 24.3 Å². The van der Waals surface area contributed by atoms with Gasteiger partial charge in [-0.3, -0.25) is 4.79 Å². The number of hydrogen-bond donors (Lipinski definition) is 2. The van der Waals surface area contributed by atoms with Crippen LogP contribution in [-0.4, -0.2) is 24.7 Å². The zero-order valence-corrected chi connectivity index (χ0v) is 10.3. The quantitative estimate of drug-likeness (QED) is 0.587. The summed E-state index contributed by atoms with van der Waals surface area (Å²) < 4.78 is 4.55. The summed E-state index contributed by atoms with van der Waals surface area (Å²) in [6.07, 6.45) is 1.14. The van der Waals surface area contributed by atoms with Gasteiger partial charge in [0.2, 0.25) is 0 Å². The van der Waals surface area contributed by atoms with E-state index in [1.807, 2.05) is 19.1 Å². The van der Waals surface area contributed by atoms with E-state index >= 15 is 0 Å². The second-order valence-electron chi connectivity index (χ2n) is 3.91. The maximum atomic E-state index is 10.9. The fraction of sp³-hybridized carbons (Fsp3) is 0.462. The van der Waals surface area contributed by atoms with Crippen LogP contribution in [0, 0.1) is 0 Å². The zero-order chi connectivity index (χ0) is 12.7. The van der Waals surface area contributed by atoms with Gasteiger partial charge in [-0.25, -0.2) is 0 Å². The highest BCUT2D eigenvalue weighted by atomic mass is 16.5. The van der Waals surface area contributed by atoms with Gasteiger partial charge in [0, 0.05) is 18.0 Å². The lowest BCUT2D eigenvalue weighted by Crippen LogP contribution is -2.20. The fourth-order valence-corrected chi connectivity index (χ4v) is 1.62. The number of ether oxygens (including phenoxy) is 1. The molecule has 0 heterocycles. The van der Waals surface area contributed by atoms with Crippen LogP contribution in [0.5, 0.6) is 5.75 Å². The molecule has 0 aliphatic heterocycles. The van der Waals surface area contributed by atoms with Crippen molar-refractivity contribution in [2.24, 2.45) is 0 Å². The van der Waals surface area contributed by atoms with E-state index in [4.69, 9.17) is 0 Å². The van der Waals surface area contributed by atoms with E-state index in [1.165, 1.54) is 7.11 Å². The number of carbonyl (C=O) groups excluding carboxylic acids is 1. The van der Waals surface area contributed by atoms with Crippen LogP contribution in [0.2, 0.25) is 0 Å². The number of carbonyl (C=O) groups is 1. The number of methoxy groups -OCH3 is 1. The molecule has 1 aromatic carbocycles. The Morgan fingerprint density at radius 1 is 1.47 bits per heavy atom. The molecule has 4 nitrogen and oxygen atoms in total. The molecule has 0 aliphatic carbocycles. The molecule has 0 bridgehead atoms. The van der Waals surface area contributed by atoms with Crippen LogP contribution >= 0.6 is 0 Å². The SMILES string of the molecule is COC(=O)CCCNC(C)c1ccccc1O. The second kappa shape index (κ2) is 6.91. The third kappa shape index (κ3) is 4.44. The number of rotatable bonds is 6. The second-order valence-corrected chi connectivity index (χ2v) is 3.91. The molecule has 1 atom stereocenters. The average molecular weight is 237 g/mol. The van der Waals surface area contributed by atoms with Gasteiger partial charge in [0.25, 0.3) is 0 Å². The van der Waals surface area contributed by atoms with Gasteiger partial charge in [-0.15, -0.1) is 0 Å². The van der Waals surface area contributed by atoms with Gasteiger partial charge < -0.3 is 15.2 Å². The molecule has 94 valence electrons. The van der Waals surface area contributed by atoms with Crippen molar-refractivity contribution >= 4 is 5.97 Å². The molecule has 0 saturated heterocycles. The molecular formula is C13H19NO3. The predicted molar refractivity (Wildman–Crippen MR) is 65.8 cm³/mol. The molecule has 0 radical (unpaired) electrons. The number of aromatic hydroxyl groups is 1. The molecule has 4 heteroatoms. The lowest BCUT2D eigenvalue weighted by atomic mass is 10.1. The van der Waals surface area contributed by atoms with E-state index in [2.05, 4.69) is 10.1 Å². The number of phenolic OH excluding ortho intramolecular Hbond substituents is 1. The van der Waals surface area contributed by atoms with Gasteiger partial charge in [-0.05, 0) is 26.0 Å². The third-order valence-corrected chi connectivity index (χ3v) is 2.64. The molecule has 1 unspecified atom stereocenters. The molecule has 2 N–H and O–H groups in total. The number of para-hydroxylation sites is 1. The molecule has 1 aromatic rings. The van der Waals surface area contributed by atoms with Crippen LogP contribution in [-0.2, 0) is 9.53 Å². The number of nitrogens with one attached hydrogen (secondary N) is 1. The predicted octanol–water partition coefficient (Wildman–Crippen LogP) is 2.00. The molecule has 0 fully saturated rings. The highest BCUT2D eigenvalue weighted by Gasteiger charge is 2.08. The summed E-state index contributed by atoms with van der Waals surface area (Å²) in [5.41, 5.74) is 0.866. The number of benzene rings is 1. The van der Waals surface area contributed by atoms with Crippen LogP contribution in [0.3, 0.4) is 0 Å². The summed E-state index contributed by atoms with van der Waals surface area (Å²) in [5.74, 6) is 0.0995. The van der Waals surface area contributed by atoms with Crippen LogP contribution in [0.4, 0.5) is 0 Å². The fourth-order valence-electron chi connectivity index (χ4n) is 1.62. The summed E-state index contributed by atoms with van der Waals surface area (Å²) in [6, 6.07) is 7.30. The Labute approximate surface area is 102 Å².